The summed E-state index contributed by atoms with van der Waals surface area (Å²) >= 11 is 0. The highest BCUT2D eigenvalue weighted by molar-refractivity contribution is 5.91. The third-order valence-electron chi connectivity index (χ3n) is 5.57. The summed E-state index contributed by atoms with van der Waals surface area (Å²) in [6.07, 6.45) is 5.59. The minimum absolute atomic E-state index is 0.116. The smallest absolute Gasteiger partial charge is 0.271 e. The number of aromatic nitrogens is 2. The van der Waals surface area contributed by atoms with Crippen molar-refractivity contribution in [3.8, 4) is 0 Å². The highest BCUT2D eigenvalue weighted by Crippen LogP contribution is 2.48. The number of likely N-dealkylation sites (tertiary alicyclic amines) is 1. The summed E-state index contributed by atoms with van der Waals surface area (Å²) < 4.78 is 1.98. The predicted octanol–water partition coefficient (Wildman–Crippen LogP) is 2.68. The van der Waals surface area contributed by atoms with E-state index in [-0.39, 0.29) is 5.91 Å². The number of amides is 1. The first-order valence-corrected chi connectivity index (χ1v) is 9.29. The van der Waals surface area contributed by atoms with Crippen LogP contribution in [-0.2, 0) is 0 Å². The van der Waals surface area contributed by atoms with Crippen molar-refractivity contribution < 1.29 is 4.79 Å². The molecule has 1 aromatic carbocycles. The molecule has 1 saturated carbocycles. The van der Waals surface area contributed by atoms with E-state index in [2.05, 4.69) is 45.6 Å². The first-order chi connectivity index (χ1) is 12.2. The van der Waals surface area contributed by atoms with Gasteiger partial charge in [-0.3, -0.25) is 9.48 Å². The van der Waals surface area contributed by atoms with Crippen LogP contribution in [0, 0.1) is 5.92 Å². The Labute approximate surface area is 149 Å². The molecule has 0 bridgehead atoms. The molecule has 5 nitrogen and oxygen atoms in total. The van der Waals surface area contributed by atoms with E-state index in [1.165, 1.54) is 31.5 Å². The minimum atomic E-state index is -0.116. The lowest BCUT2D eigenvalue weighted by Crippen LogP contribution is -2.38. The van der Waals surface area contributed by atoms with Crippen molar-refractivity contribution in [3.63, 3.8) is 0 Å². The van der Waals surface area contributed by atoms with Gasteiger partial charge in [0.25, 0.3) is 5.91 Å². The molecule has 3 atom stereocenters. The number of benzene rings is 1. The molecule has 1 amide bonds. The zero-order valence-electron chi connectivity index (χ0n) is 14.8. The van der Waals surface area contributed by atoms with Gasteiger partial charge < -0.3 is 10.2 Å². The van der Waals surface area contributed by atoms with Crippen LogP contribution in [0.5, 0.6) is 0 Å². The van der Waals surface area contributed by atoms with Gasteiger partial charge in [-0.25, -0.2) is 0 Å². The molecule has 132 valence electrons. The fourth-order valence-corrected chi connectivity index (χ4v) is 4.09. The van der Waals surface area contributed by atoms with E-state index in [9.17, 15) is 4.79 Å². The summed E-state index contributed by atoms with van der Waals surface area (Å²) in [5, 5.41) is 7.11. The topological polar surface area (TPSA) is 50.2 Å². The van der Waals surface area contributed by atoms with Crippen molar-refractivity contribution in [1.82, 2.24) is 20.0 Å². The molecule has 4 rings (SSSR count). The van der Waals surface area contributed by atoms with Gasteiger partial charge in [-0.1, -0.05) is 30.3 Å². The molecule has 1 unspecified atom stereocenters. The molecule has 0 radical (unpaired) electrons. The van der Waals surface area contributed by atoms with Crippen molar-refractivity contribution in [2.24, 2.45) is 5.92 Å². The van der Waals surface area contributed by atoms with Crippen LogP contribution in [0.2, 0.25) is 0 Å². The van der Waals surface area contributed by atoms with Crippen LogP contribution in [0.4, 0.5) is 0 Å². The van der Waals surface area contributed by atoms with Gasteiger partial charge in [-0.2, -0.15) is 5.10 Å². The van der Waals surface area contributed by atoms with Gasteiger partial charge in [0.15, 0.2) is 0 Å². The number of rotatable bonds is 5. The summed E-state index contributed by atoms with van der Waals surface area (Å²) in [7, 11) is 1.64. The van der Waals surface area contributed by atoms with E-state index in [1.54, 1.807) is 7.05 Å². The lowest BCUT2D eigenvalue weighted by Gasteiger charge is -2.33. The van der Waals surface area contributed by atoms with Crippen molar-refractivity contribution in [2.45, 2.75) is 31.2 Å². The van der Waals surface area contributed by atoms with E-state index in [1.807, 2.05) is 16.9 Å². The largest absolute Gasteiger partial charge is 0.354 e. The van der Waals surface area contributed by atoms with Crippen LogP contribution in [0.3, 0.4) is 0 Å². The molecular formula is C20H26N4O. The average molecular weight is 338 g/mol. The van der Waals surface area contributed by atoms with E-state index in [4.69, 9.17) is 0 Å². The summed E-state index contributed by atoms with van der Waals surface area (Å²) in [6, 6.07) is 13.1. The van der Waals surface area contributed by atoms with E-state index >= 15 is 0 Å². The highest BCUT2D eigenvalue weighted by atomic mass is 16.1. The van der Waals surface area contributed by atoms with E-state index < -0.39 is 0 Å². The van der Waals surface area contributed by atoms with Crippen LogP contribution >= 0.6 is 0 Å². The van der Waals surface area contributed by atoms with Crippen LogP contribution in [0.15, 0.2) is 42.6 Å². The summed E-state index contributed by atoms with van der Waals surface area (Å²) in [5.41, 5.74) is 1.99. The molecule has 2 fully saturated rings. The van der Waals surface area contributed by atoms with Crippen LogP contribution in [-0.4, -0.2) is 47.3 Å². The highest BCUT2D eigenvalue weighted by Gasteiger charge is 2.39. The standard InChI is InChI=1S/C20H26N4O/c1-21-20(25)19-9-11-24(22-19)17-8-5-10-23(14-17)13-16-12-18(16)15-6-3-2-4-7-15/h2-4,6-7,9,11,16-18H,5,8,10,12-14H2,1H3,(H,21,25)/t16-,17?,18-/m0/s1. The van der Waals surface area contributed by atoms with Crippen molar-refractivity contribution >= 4 is 5.91 Å². The van der Waals surface area contributed by atoms with Crippen LogP contribution < -0.4 is 5.32 Å². The minimum Gasteiger partial charge on any atom is -0.354 e. The molecule has 2 heterocycles. The fourth-order valence-electron chi connectivity index (χ4n) is 4.09. The Hall–Kier alpha value is -2.14. The Balaban J connectivity index is 1.34. The maximum absolute atomic E-state index is 11.7. The first kappa shape index (κ1) is 16.3. The van der Waals surface area contributed by atoms with Crippen LogP contribution in [0.25, 0.3) is 0 Å². The lowest BCUT2D eigenvalue weighted by atomic mass is 10.0. The number of carbonyl (C=O) groups is 1. The second-order valence-electron chi connectivity index (χ2n) is 7.33. The molecule has 5 heteroatoms. The monoisotopic (exact) mass is 338 g/mol. The Morgan fingerprint density at radius 1 is 1.28 bits per heavy atom. The number of hydrogen-bond acceptors (Lipinski definition) is 3. The number of carbonyl (C=O) groups excluding carboxylic acids is 1. The lowest BCUT2D eigenvalue weighted by molar-refractivity contribution is 0.0955. The third-order valence-corrected chi connectivity index (χ3v) is 5.57. The second-order valence-corrected chi connectivity index (χ2v) is 7.33. The normalized spacial score (nSPS) is 26.4. The van der Waals surface area contributed by atoms with Gasteiger partial charge in [0.1, 0.15) is 5.69 Å². The van der Waals surface area contributed by atoms with Gasteiger partial charge in [-0.15, -0.1) is 0 Å². The van der Waals surface area contributed by atoms with Gasteiger partial charge in [0, 0.05) is 26.3 Å². The first-order valence-electron chi connectivity index (χ1n) is 9.29. The molecule has 2 aromatic rings. The summed E-state index contributed by atoms with van der Waals surface area (Å²) in [4.78, 5) is 14.3. The number of piperidine rings is 1. The SMILES string of the molecule is CNC(=O)c1ccn(C2CCCN(C[C@@H]3C[C@H]3c3ccccc3)C2)n1. The number of hydrogen-bond donors (Lipinski definition) is 1. The van der Waals surface area contributed by atoms with Gasteiger partial charge in [0.05, 0.1) is 6.04 Å². The van der Waals surface area contributed by atoms with Gasteiger partial charge in [-0.05, 0) is 49.3 Å². The Kier molecular flexibility index (Phi) is 4.57. The third kappa shape index (κ3) is 3.61. The molecule has 0 spiro atoms. The average Bonchev–Trinajstić information content (AvgIpc) is 3.24. The molecule has 2 aliphatic rings. The molecule has 1 N–H and O–H groups in total. The molecule has 25 heavy (non-hydrogen) atoms. The Morgan fingerprint density at radius 2 is 2.12 bits per heavy atom. The van der Waals surface area contributed by atoms with Crippen molar-refractivity contribution in [1.29, 1.82) is 0 Å². The van der Waals surface area contributed by atoms with Crippen LogP contribution in [0.1, 0.15) is 47.3 Å². The quantitative estimate of drug-likeness (QED) is 0.912. The van der Waals surface area contributed by atoms with Gasteiger partial charge in [0.2, 0.25) is 0 Å². The molecule has 1 saturated heterocycles. The maximum Gasteiger partial charge on any atom is 0.271 e. The summed E-state index contributed by atoms with van der Waals surface area (Å²) in [5.74, 6) is 1.42. The molecule has 1 aliphatic heterocycles. The Morgan fingerprint density at radius 3 is 2.92 bits per heavy atom. The number of nitrogens with one attached hydrogen (secondary N) is 1. The van der Waals surface area contributed by atoms with Crippen molar-refractivity contribution in [2.75, 3.05) is 26.7 Å². The van der Waals surface area contributed by atoms with E-state index in [0.717, 1.165) is 24.8 Å². The number of nitrogens with zero attached hydrogens (tertiary/aromatic N) is 3. The van der Waals surface area contributed by atoms with E-state index in [0.29, 0.717) is 11.7 Å². The second kappa shape index (κ2) is 7.00. The molecule has 1 aromatic heterocycles. The van der Waals surface area contributed by atoms with Crippen molar-refractivity contribution in [3.05, 3.63) is 53.9 Å². The Bertz CT molecular complexity index is 726. The molecule has 1 aliphatic carbocycles. The maximum atomic E-state index is 11.7. The zero-order chi connectivity index (χ0) is 17.2. The fraction of sp³-hybridized carbons (Fsp3) is 0.500. The zero-order valence-corrected chi connectivity index (χ0v) is 14.8. The molecular weight excluding hydrogens is 312 g/mol. The van der Waals surface area contributed by atoms with Gasteiger partial charge >= 0.3 is 0 Å². The predicted molar refractivity (Wildman–Crippen MR) is 97.6 cm³/mol. The summed E-state index contributed by atoms with van der Waals surface area (Å²) in [6.45, 7) is 3.39.